The summed E-state index contributed by atoms with van der Waals surface area (Å²) in [6.45, 7) is 1.24. The molecular weight excluding hydrogens is 383 g/mol. The van der Waals surface area contributed by atoms with Crippen molar-refractivity contribution in [3.8, 4) is 0 Å². The summed E-state index contributed by atoms with van der Waals surface area (Å²) in [4.78, 5) is 20.1. The second kappa shape index (κ2) is 7.32. The van der Waals surface area contributed by atoms with Gasteiger partial charge in [-0.1, -0.05) is 18.2 Å². The van der Waals surface area contributed by atoms with Gasteiger partial charge in [0.05, 0.1) is 16.6 Å². The molecule has 2 heterocycles. The van der Waals surface area contributed by atoms with E-state index in [0.717, 1.165) is 17.7 Å². The molecule has 0 saturated carbocycles. The third-order valence-electron chi connectivity index (χ3n) is 5.13. The predicted octanol–water partition coefficient (Wildman–Crippen LogP) is 2.92. The first-order chi connectivity index (χ1) is 13.8. The number of nitrogens with zero attached hydrogens (tertiary/aromatic N) is 2. The standard InChI is InChI=1S/C20H18F3N5O/c21-20(22,23)12-6-4-11(5-7-12)15-8-25-9-16(15)28-19-14-3-1-2-13(18(24)29)17(14)26-10-27-19/h1-7,10,15-16,25H,8-9H2,(H2,24,29)(H,26,27,28). The van der Waals surface area contributed by atoms with Crippen LogP contribution in [0.2, 0.25) is 0 Å². The number of halogens is 3. The van der Waals surface area contributed by atoms with Crippen molar-refractivity contribution in [2.24, 2.45) is 5.73 Å². The highest BCUT2D eigenvalue weighted by atomic mass is 19.4. The van der Waals surface area contributed by atoms with Gasteiger partial charge in [0.1, 0.15) is 12.1 Å². The van der Waals surface area contributed by atoms with Gasteiger partial charge >= 0.3 is 6.18 Å². The Labute approximate surface area is 164 Å². The van der Waals surface area contributed by atoms with E-state index in [0.29, 0.717) is 35.4 Å². The normalized spacial score (nSPS) is 19.4. The molecule has 4 N–H and O–H groups in total. The summed E-state index contributed by atoms with van der Waals surface area (Å²) in [6.07, 6.45) is -3.01. The van der Waals surface area contributed by atoms with Gasteiger partial charge in [0.15, 0.2) is 0 Å². The molecule has 0 radical (unpaired) electrons. The fourth-order valence-electron chi connectivity index (χ4n) is 3.68. The minimum absolute atomic E-state index is 0.0402. The van der Waals surface area contributed by atoms with E-state index < -0.39 is 17.6 Å². The average molecular weight is 401 g/mol. The molecule has 2 unspecified atom stereocenters. The summed E-state index contributed by atoms with van der Waals surface area (Å²) in [7, 11) is 0. The lowest BCUT2D eigenvalue weighted by atomic mass is 9.93. The molecule has 2 atom stereocenters. The highest BCUT2D eigenvalue weighted by Gasteiger charge is 2.32. The van der Waals surface area contributed by atoms with E-state index in [-0.39, 0.29) is 12.0 Å². The third kappa shape index (κ3) is 3.73. The SMILES string of the molecule is NC(=O)c1cccc2c(NC3CNCC3c3ccc(C(F)(F)F)cc3)ncnc12. The van der Waals surface area contributed by atoms with E-state index in [4.69, 9.17) is 5.73 Å². The summed E-state index contributed by atoms with van der Waals surface area (Å²) in [6, 6.07) is 10.2. The number of amides is 1. The molecule has 1 aromatic heterocycles. The van der Waals surface area contributed by atoms with Crippen LogP contribution in [0.4, 0.5) is 19.0 Å². The highest BCUT2D eigenvalue weighted by Crippen LogP contribution is 2.32. The Kier molecular flexibility index (Phi) is 4.83. The quantitative estimate of drug-likeness (QED) is 0.625. The summed E-state index contributed by atoms with van der Waals surface area (Å²) in [5, 5.41) is 7.27. The number of nitrogens with two attached hydrogens (primary N) is 1. The summed E-state index contributed by atoms with van der Waals surface area (Å²) in [5.74, 6) is -0.0734. The summed E-state index contributed by atoms with van der Waals surface area (Å²) >= 11 is 0. The highest BCUT2D eigenvalue weighted by molar-refractivity contribution is 6.06. The summed E-state index contributed by atoms with van der Waals surface area (Å²) in [5.41, 5.74) is 6.31. The fraction of sp³-hybridized carbons (Fsp3) is 0.250. The summed E-state index contributed by atoms with van der Waals surface area (Å²) < 4.78 is 38.5. The number of rotatable bonds is 4. The molecule has 1 aliphatic rings. The first-order valence-corrected chi connectivity index (χ1v) is 9.02. The number of aromatic nitrogens is 2. The van der Waals surface area contributed by atoms with Crippen molar-refractivity contribution < 1.29 is 18.0 Å². The molecule has 3 aromatic rings. The maximum atomic E-state index is 12.8. The van der Waals surface area contributed by atoms with Crippen LogP contribution < -0.4 is 16.4 Å². The zero-order valence-electron chi connectivity index (χ0n) is 15.2. The van der Waals surface area contributed by atoms with Crippen molar-refractivity contribution in [1.29, 1.82) is 0 Å². The molecule has 29 heavy (non-hydrogen) atoms. The average Bonchev–Trinajstić information content (AvgIpc) is 3.15. The molecule has 1 aliphatic heterocycles. The van der Waals surface area contributed by atoms with Crippen LogP contribution in [0.3, 0.4) is 0 Å². The number of carbonyl (C=O) groups excluding carboxylic acids is 1. The molecule has 2 aromatic carbocycles. The lowest BCUT2D eigenvalue weighted by Gasteiger charge is -2.22. The molecule has 1 fully saturated rings. The van der Waals surface area contributed by atoms with Crippen molar-refractivity contribution >= 4 is 22.6 Å². The van der Waals surface area contributed by atoms with Gasteiger partial charge in [-0.2, -0.15) is 13.2 Å². The van der Waals surface area contributed by atoms with Gasteiger partial charge in [-0.05, 0) is 29.8 Å². The van der Waals surface area contributed by atoms with E-state index in [2.05, 4.69) is 20.6 Å². The Bertz CT molecular complexity index is 1050. The van der Waals surface area contributed by atoms with Gasteiger partial charge in [-0.25, -0.2) is 9.97 Å². The molecule has 150 valence electrons. The minimum Gasteiger partial charge on any atom is -0.366 e. The van der Waals surface area contributed by atoms with Crippen molar-refractivity contribution in [2.75, 3.05) is 18.4 Å². The van der Waals surface area contributed by atoms with Crippen LogP contribution in [-0.4, -0.2) is 35.0 Å². The molecule has 0 spiro atoms. The molecule has 1 amide bonds. The smallest absolute Gasteiger partial charge is 0.366 e. The Hall–Kier alpha value is -3.20. The number of carbonyl (C=O) groups is 1. The maximum Gasteiger partial charge on any atom is 0.416 e. The van der Waals surface area contributed by atoms with E-state index in [1.165, 1.54) is 18.5 Å². The predicted molar refractivity (Wildman–Crippen MR) is 103 cm³/mol. The van der Waals surface area contributed by atoms with E-state index >= 15 is 0 Å². The van der Waals surface area contributed by atoms with Crippen LogP contribution >= 0.6 is 0 Å². The number of primary amides is 1. The van der Waals surface area contributed by atoms with E-state index in [1.807, 2.05) is 0 Å². The maximum absolute atomic E-state index is 12.8. The van der Waals surface area contributed by atoms with Crippen LogP contribution in [0.25, 0.3) is 10.9 Å². The van der Waals surface area contributed by atoms with Gasteiger partial charge in [0.2, 0.25) is 0 Å². The first-order valence-electron chi connectivity index (χ1n) is 9.02. The van der Waals surface area contributed by atoms with Crippen molar-refractivity contribution in [3.05, 3.63) is 65.5 Å². The molecule has 0 aliphatic carbocycles. The monoisotopic (exact) mass is 401 g/mol. The van der Waals surface area contributed by atoms with Crippen molar-refractivity contribution in [1.82, 2.24) is 15.3 Å². The zero-order chi connectivity index (χ0) is 20.6. The number of nitrogens with one attached hydrogen (secondary N) is 2. The Morgan fingerprint density at radius 3 is 2.55 bits per heavy atom. The van der Waals surface area contributed by atoms with Gasteiger partial charge in [-0.3, -0.25) is 4.79 Å². The first kappa shape index (κ1) is 19.1. The number of para-hydroxylation sites is 1. The number of benzene rings is 2. The number of anilines is 1. The zero-order valence-corrected chi connectivity index (χ0v) is 15.2. The fourth-order valence-corrected chi connectivity index (χ4v) is 3.68. The number of fused-ring (bicyclic) bond motifs is 1. The van der Waals surface area contributed by atoms with Crippen LogP contribution in [0.15, 0.2) is 48.8 Å². The molecule has 9 heteroatoms. The van der Waals surface area contributed by atoms with Crippen LogP contribution in [0, 0.1) is 0 Å². The molecule has 4 rings (SSSR count). The number of hydrogen-bond acceptors (Lipinski definition) is 5. The number of hydrogen-bond donors (Lipinski definition) is 3. The largest absolute Gasteiger partial charge is 0.416 e. The van der Waals surface area contributed by atoms with Gasteiger partial charge in [-0.15, -0.1) is 0 Å². The molecule has 1 saturated heterocycles. The second-order valence-corrected chi connectivity index (χ2v) is 6.92. The molecular formula is C20H18F3N5O. The van der Waals surface area contributed by atoms with Gasteiger partial charge in [0.25, 0.3) is 5.91 Å². The Balaban J connectivity index is 1.62. The molecule has 6 nitrogen and oxygen atoms in total. The lowest BCUT2D eigenvalue weighted by Crippen LogP contribution is -2.28. The van der Waals surface area contributed by atoms with E-state index in [9.17, 15) is 18.0 Å². The van der Waals surface area contributed by atoms with Crippen molar-refractivity contribution in [3.63, 3.8) is 0 Å². The van der Waals surface area contributed by atoms with Gasteiger partial charge in [0, 0.05) is 30.4 Å². The number of alkyl halides is 3. The van der Waals surface area contributed by atoms with Crippen LogP contribution in [-0.2, 0) is 6.18 Å². The lowest BCUT2D eigenvalue weighted by molar-refractivity contribution is -0.137. The van der Waals surface area contributed by atoms with Crippen molar-refractivity contribution in [2.45, 2.75) is 18.1 Å². The van der Waals surface area contributed by atoms with Gasteiger partial charge < -0.3 is 16.4 Å². The third-order valence-corrected chi connectivity index (χ3v) is 5.13. The molecule has 0 bridgehead atoms. The Morgan fingerprint density at radius 1 is 1.10 bits per heavy atom. The van der Waals surface area contributed by atoms with Crippen LogP contribution in [0.5, 0.6) is 0 Å². The van der Waals surface area contributed by atoms with Crippen LogP contribution in [0.1, 0.15) is 27.4 Å². The van der Waals surface area contributed by atoms with E-state index in [1.54, 1.807) is 18.2 Å². The Morgan fingerprint density at radius 2 is 1.86 bits per heavy atom. The topological polar surface area (TPSA) is 92.9 Å². The second-order valence-electron chi connectivity index (χ2n) is 6.92. The minimum atomic E-state index is -4.36.